The van der Waals surface area contributed by atoms with Crippen molar-refractivity contribution in [3.63, 3.8) is 0 Å². The van der Waals surface area contributed by atoms with E-state index in [1.54, 1.807) is 0 Å². The van der Waals surface area contributed by atoms with Crippen molar-refractivity contribution < 1.29 is 19.8 Å². The van der Waals surface area contributed by atoms with E-state index >= 15 is 0 Å². The maximum atomic E-state index is 10.2. The van der Waals surface area contributed by atoms with Crippen LogP contribution in [0.5, 0.6) is 0 Å². The van der Waals surface area contributed by atoms with Crippen LogP contribution in [0.25, 0.3) is 0 Å². The summed E-state index contributed by atoms with van der Waals surface area (Å²) in [4.78, 5) is 20.4. The number of carboxylic acid groups (broad SMARTS) is 2. The fraction of sp³-hybridized carbons (Fsp3) is 0.938. The van der Waals surface area contributed by atoms with Crippen molar-refractivity contribution >= 4 is 35.8 Å². The molecule has 0 unspecified atom stereocenters. The molecule has 0 rings (SSSR count). The van der Waals surface area contributed by atoms with E-state index in [-0.39, 0.29) is 36.7 Å². The van der Waals surface area contributed by atoms with Crippen molar-refractivity contribution in [3.05, 3.63) is 0 Å². The van der Waals surface area contributed by atoms with Gasteiger partial charge in [-0.3, -0.25) is 0 Å². The van der Waals surface area contributed by atoms with Gasteiger partial charge in [-0.05, 0) is 25.7 Å². The topological polar surface area (TPSA) is 80.3 Å². The third-order valence-corrected chi connectivity index (χ3v) is 6.97. The second kappa shape index (κ2) is 37.9. The molecule has 0 atom stereocenters. The van der Waals surface area contributed by atoms with E-state index in [1.165, 1.54) is 141 Å². The third-order valence-electron chi connectivity index (χ3n) is 6.97. The number of hydrogen-bond donors (Lipinski definition) is 0. The number of carboxylic acids is 2. The normalized spacial score (nSPS) is 10.4. The summed E-state index contributed by atoms with van der Waals surface area (Å²) in [5, 5.41) is 20.4. The van der Waals surface area contributed by atoms with E-state index in [1.807, 2.05) is 0 Å². The van der Waals surface area contributed by atoms with E-state index in [9.17, 15) is 19.8 Å². The first-order valence-electron chi connectivity index (χ1n) is 15.9. The Kier molecular flexibility index (Phi) is 42.2. The molecule has 0 amide bonds. The van der Waals surface area contributed by atoms with Crippen LogP contribution in [0.1, 0.15) is 194 Å². The fourth-order valence-electron chi connectivity index (χ4n) is 4.57. The summed E-state index contributed by atoms with van der Waals surface area (Å²) in [6.45, 7) is 4.51. The number of carbonyl (C=O) groups is 2. The standard InChI is InChI=1S/2C16H32O2.Sn/c2*1-2-3-4-5-6-7-8-9-10-11-12-13-14-15-16(17)18;/h2*2-15H2,1H3,(H,17,18);/q;;+4/p-2. The molecule has 0 aliphatic heterocycles. The molecule has 0 N–H and O–H groups in total. The predicted octanol–water partition coefficient (Wildman–Crippen LogP) is 8.05. The number of carbonyl (C=O) groups excluding carboxylic acids is 2. The van der Waals surface area contributed by atoms with Crippen molar-refractivity contribution in [3.8, 4) is 0 Å². The molecule has 0 fully saturated rings. The van der Waals surface area contributed by atoms with Crippen LogP contribution in [-0.4, -0.2) is 35.8 Å². The molecule has 0 saturated carbocycles. The molecule has 0 saturated heterocycles. The van der Waals surface area contributed by atoms with Crippen molar-refractivity contribution in [1.82, 2.24) is 0 Å². The van der Waals surface area contributed by atoms with Crippen LogP contribution in [0.15, 0.2) is 0 Å². The fourth-order valence-corrected chi connectivity index (χ4v) is 4.57. The Bertz CT molecular complexity index is 403. The van der Waals surface area contributed by atoms with Gasteiger partial charge in [-0.25, -0.2) is 0 Å². The summed E-state index contributed by atoms with van der Waals surface area (Å²) in [6.07, 6.45) is 33.9. The first-order valence-corrected chi connectivity index (χ1v) is 15.9. The molecule has 216 valence electrons. The minimum Gasteiger partial charge on any atom is -0.550 e. The van der Waals surface area contributed by atoms with Gasteiger partial charge in [-0.15, -0.1) is 0 Å². The van der Waals surface area contributed by atoms with Crippen LogP contribution in [0.4, 0.5) is 0 Å². The largest absolute Gasteiger partial charge is 4.00 e. The zero-order valence-corrected chi connectivity index (χ0v) is 27.8. The van der Waals surface area contributed by atoms with Crippen molar-refractivity contribution in [1.29, 1.82) is 0 Å². The van der Waals surface area contributed by atoms with Gasteiger partial charge in [-0.1, -0.05) is 168 Å². The molecule has 5 heteroatoms. The van der Waals surface area contributed by atoms with Crippen molar-refractivity contribution in [2.75, 3.05) is 0 Å². The first-order chi connectivity index (χ1) is 17.5. The number of hydrogen-bond acceptors (Lipinski definition) is 4. The van der Waals surface area contributed by atoms with E-state index < -0.39 is 11.9 Å². The summed E-state index contributed by atoms with van der Waals surface area (Å²) in [5.74, 6) is -1.81. The third kappa shape index (κ3) is 46.0. The van der Waals surface area contributed by atoms with E-state index in [0.717, 1.165) is 25.7 Å². The average molecular weight is 630 g/mol. The first kappa shape index (κ1) is 41.2. The molecule has 0 radical (unpaired) electrons. The van der Waals surface area contributed by atoms with Gasteiger partial charge < -0.3 is 19.8 Å². The second-order valence-corrected chi connectivity index (χ2v) is 10.7. The molecule has 0 aromatic carbocycles. The summed E-state index contributed by atoms with van der Waals surface area (Å²) >= 11 is 0. The van der Waals surface area contributed by atoms with Gasteiger partial charge in [0.1, 0.15) is 0 Å². The van der Waals surface area contributed by atoms with Crippen LogP contribution in [-0.2, 0) is 9.59 Å². The molecule has 0 spiro atoms. The maximum Gasteiger partial charge on any atom is 4.00 e. The minimum atomic E-state index is -0.905. The molecule has 0 aromatic rings. The van der Waals surface area contributed by atoms with Gasteiger partial charge in [0.2, 0.25) is 0 Å². The Hall–Kier alpha value is -0.261. The SMILES string of the molecule is CCCCCCCCCCCCCCCC(=O)[O-].CCCCCCCCCCCCCCCC(=O)[O-].[Sn+4]. The Morgan fingerprint density at radius 2 is 0.514 bits per heavy atom. The van der Waals surface area contributed by atoms with E-state index in [4.69, 9.17) is 0 Å². The molecule has 0 bridgehead atoms. The Morgan fingerprint density at radius 3 is 0.676 bits per heavy atom. The Morgan fingerprint density at radius 1 is 0.351 bits per heavy atom. The second-order valence-electron chi connectivity index (χ2n) is 10.7. The Balaban J connectivity index is -0.000000608. The maximum absolute atomic E-state index is 10.2. The van der Waals surface area contributed by atoms with Gasteiger partial charge in [0, 0.05) is 11.9 Å². The summed E-state index contributed by atoms with van der Waals surface area (Å²) in [7, 11) is 0. The summed E-state index contributed by atoms with van der Waals surface area (Å²) in [5.41, 5.74) is 0. The predicted molar refractivity (Wildman–Crippen MR) is 156 cm³/mol. The van der Waals surface area contributed by atoms with Crippen molar-refractivity contribution in [2.24, 2.45) is 0 Å². The minimum absolute atomic E-state index is 0. The number of rotatable bonds is 28. The molecular weight excluding hydrogens is 567 g/mol. The molecule has 37 heavy (non-hydrogen) atoms. The van der Waals surface area contributed by atoms with Crippen LogP contribution in [0.2, 0.25) is 0 Å². The van der Waals surface area contributed by atoms with Crippen LogP contribution >= 0.6 is 0 Å². The quantitative estimate of drug-likeness (QED) is 0.0648. The van der Waals surface area contributed by atoms with Gasteiger partial charge >= 0.3 is 23.9 Å². The Labute approximate surface area is 248 Å². The van der Waals surface area contributed by atoms with E-state index in [0.29, 0.717) is 0 Å². The molecular formula is C32H62O4Sn+2. The van der Waals surface area contributed by atoms with Crippen LogP contribution < -0.4 is 10.2 Å². The summed E-state index contributed by atoms with van der Waals surface area (Å²) in [6, 6.07) is 0. The van der Waals surface area contributed by atoms with Crippen molar-refractivity contribution in [2.45, 2.75) is 194 Å². The zero-order valence-electron chi connectivity index (χ0n) is 24.9. The monoisotopic (exact) mass is 630 g/mol. The molecule has 4 nitrogen and oxygen atoms in total. The van der Waals surface area contributed by atoms with Gasteiger partial charge in [0.15, 0.2) is 0 Å². The smallest absolute Gasteiger partial charge is 0.550 e. The molecule has 0 aromatic heterocycles. The van der Waals surface area contributed by atoms with Crippen LogP contribution in [0.3, 0.4) is 0 Å². The van der Waals surface area contributed by atoms with Gasteiger partial charge in [0.05, 0.1) is 0 Å². The van der Waals surface area contributed by atoms with Gasteiger partial charge in [0.25, 0.3) is 0 Å². The molecule has 0 heterocycles. The number of unbranched alkanes of at least 4 members (excludes halogenated alkanes) is 24. The summed E-state index contributed by atoms with van der Waals surface area (Å²) < 4.78 is 0. The average Bonchev–Trinajstić information content (AvgIpc) is 2.85. The zero-order chi connectivity index (χ0) is 27.0. The molecule has 0 aliphatic carbocycles. The molecule has 0 aliphatic rings. The van der Waals surface area contributed by atoms with E-state index in [2.05, 4.69) is 13.8 Å². The van der Waals surface area contributed by atoms with Crippen LogP contribution in [0, 0.1) is 0 Å². The number of aliphatic carboxylic acids is 2. The van der Waals surface area contributed by atoms with Gasteiger partial charge in [-0.2, -0.15) is 0 Å².